The van der Waals surface area contributed by atoms with Crippen molar-refractivity contribution >= 4 is 24.8 Å². The number of carboxylic acid groups (broad SMARTS) is 2. The minimum atomic E-state index is -1.53. The second-order valence-corrected chi connectivity index (χ2v) is 16.7. The molecule has 4 atom stereocenters. The van der Waals surface area contributed by atoms with Crippen LogP contribution in [0.5, 0.6) is 0 Å². The summed E-state index contributed by atoms with van der Waals surface area (Å²) in [4.78, 5) is 50.0. The van der Waals surface area contributed by atoms with Crippen LogP contribution in [0.15, 0.2) is 121 Å². The van der Waals surface area contributed by atoms with Gasteiger partial charge in [-0.05, 0) is 60.9 Å². The van der Waals surface area contributed by atoms with Crippen molar-refractivity contribution in [3.63, 3.8) is 0 Å². The highest BCUT2D eigenvalue weighted by atomic mass is 16.4. The van der Waals surface area contributed by atoms with Crippen LogP contribution in [0, 0.1) is 5.92 Å². The van der Waals surface area contributed by atoms with E-state index in [1.54, 1.807) is 0 Å². The lowest BCUT2D eigenvalue weighted by Gasteiger charge is -2.50. The van der Waals surface area contributed by atoms with Crippen LogP contribution in [0.1, 0.15) is 119 Å². The maximum Gasteiger partial charge on any atom is 0.419 e. The molecule has 2 unspecified atom stereocenters. The topological polar surface area (TPSA) is 148 Å². The maximum absolute atomic E-state index is 13.0. The molecule has 4 aromatic rings. The van der Waals surface area contributed by atoms with Crippen molar-refractivity contribution in [2.75, 3.05) is 6.54 Å². The number of aldehydes is 2. The van der Waals surface area contributed by atoms with E-state index in [2.05, 4.69) is 28.2 Å². The van der Waals surface area contributed by atoms with Crippen LogP contribution in [-0.4, -0.2) is 64.3 Å². The van der Waals surface area contributed by atoms with E-state index in [-0.39, 0.29) is 18.9 Å². The minimum absolute atomic E-state index is 0.122. The van der Waals surface area contributed by atoms with Crippen molar-refractivity contribution < 1.29 is 29.4 Å². The molecule has 0 aliphatic carbocycles. The third kappa shape index (κ3) is 18.3. The molecule has 4 rings (SSSR count). The first kappa shape index (κ1) is 49.3. The Morgan fingerprint density at radius 3 is 1.37 bits per heavy atom. The van der Waals surface area contributed by atoms with E-state index in [0.717, 1.165) is 68.0 Å². The number of carbonyl (C=O) groups excluding carboxylic acids is 2. The highest BCUT2D eigenvalue weighted by molar-refractivity contribution is 5.68. The number of hydrazine groups is 1. The number of hydrogen-bond donors (Lipinski definition) is 5. The van der Waals surface area contributed by atoms with Crippen molar-refractivity contribution in [3.05, 3.63) is 144 Å². The molecule has 4 aromatic carbocycles. The summed E-state index contributed by atoms with van der Waals surface area (Å²) in [5, 5.41) is 28.4. The molecule has 0 aliphatic heterocycles. The Labute approximate surface area is 369 Å². The van der Waals surface area contributed by atoms with Crippen LogP contribution in [0.4, 0.5) is 9.59 Å². The van der Waals surface area contributed by atoms with Gasteiger partial charge in [0.25, 0.3) is 0 Å². The van der Waals surface area contributed by atoms with Crippen LogP contribution in [0.2, 0.25) is 0 Å². The van der Waals surface area contributed by atoms with Crippen molar-refractivity contribution in [1.29, 1.82) is 0 Å². The SMILES string of the molecule is O=CC(Cc1ccccc1)NCCCCCCCCCCCCCCCC[C@@H](Cc1ccccc1)C(Cc1ccccc1)(NC(=O)O)N(NC(=O)O)[C@H](C=O)Cc1ccccc1. The summed E-state index contributed by atoms with van der Waals surface area (Å²) in [6, 6.07) is 37.7. The average molecular weight is 847 g/mol. The predicted molar refractivity (Wildman–Crippen MR) is 248 cm³/mol. The molecule has 2 amide bonds. The predicted octanol–water partition coefficient (Wildman–Crippen LogP) is 10.6. The first-order valence-corrected chi connectivity index (χ1v) is 22.9. The zero-order valence-corrected chi connectivity index (χ0v) is 36.6. The van der Waals surface area contributed by atoms with Gasteiger partial charge in [-0.25, -0.2) is 9.59 Å². The van der Waals surface area contributed by atoms with Crippen molar-refractivity contribution in [3.8, 4) is 0 Å². The Kier molecular flexibility index (Phi) is 23.1. The Morgan fingerprint density at radius 1 is 0.516 bits per heavy atom. The van der Waals surface area contributed by atoms with Crippen LogP contribution in [-0.2, 0) is 35.3 Å². The zero-order valence-electron chi connectivity index (χ0n) is 36.6. The van der Waals surface area contributed by atoms with E-state index in [0.29, 0.717) is 19.1 Å². The minimum Gasteiger partial charge on any atom is -0.465 e. The number of benzene rings is 4. The first-order chi connectivity index (χ1) is 30.3. The molecule has 0 saturated carbocycles. The number of nitrogens with one attached hydrogen (secondary N) is 3. The molecule has 334 valence electrons. The molecular weight excluding hydrogens is 777 g/mol. The lowest BCUT2D eigenvalue weighted by molar-refractivity contribution is -0.122. The molecule has 0 bridgehead atoms. The van der Waals surface area contributed by atoms with E-state index in [1.165, 1.54) is 68.4 Å². The van der Waals surface area contributed by atoms with Gasteiger partial charge in [0.2, 0.25) is 0 Å². The van der Waals surface area contributed by atoms with Gasteiger partial charge in [-0.1, -0.05) is 205 Å². The quantitative estimate of drug-likeness (QED) is 0.0138. The number of nitrogens with zero attached hydrogens (tertiary/aromatic N) is 1. The second-order valence-electron chi connectivity index (χ2n) is 16.7. The molecule has 0 fully saturated rings. The van der Waals surface area contributed by atoms with Crippen LogP contribution >= 0.6 is 0 Å². The van der Waals surface area contributed by atoms with Crippen LogP contribution in [0.3, 0.4) is 0 Å². The second kappa shape index (κ2) is 29.1. The summed E-state index contributed by atoms with van der Waals surface area (Å²) in [5.41, 5.74) is 4.83. The molecule has 62 heavy (non-hydrogen) atoms. The Morgan fingerprint density at radius 2 is 0.935 bits per heavy atom. The summed E-state index contributed by atoms with van der Waals surface area (Å²) < 4.78 is 0. The number of carbonyl (C=O) groups is 4. The number of hydrogen-bond acceptors (Lipinski definition) is 6. The van der Waals surface area contributed by atoms with Crippen molar-refractivity contribution in [1.82, 2.24) is 21.1 Å². The fourth-order valence-corrected chi connectivity index (χ4v) is 8.73. The Bertz CT molecular complexity index is 1820. The molecule has 0 radical (unpaired) electrons. The molecule has 0 heterocycles. The summed E-state index contributed by atoms with van der Waals surface area (Å²) >= 11 is 0. The monoisotopic (exact) mass is 847 g/mol. The number of amides is 2. The standard InChI is InChI=1S/C52H70N4O6/c57-41-48(38-44-29-19-14-20-30-44)53-36-26-12-10-8-6-4-2-1-3-5-7-9-11-25-35-47(37-43-27-17-13-18-28-43)52(54-50(59)60,40-46-33-23-16-24-34-46)56(55-51(61)62)49(42-58)39-45-31-21-15-22-32-45/h13-24,27-34,41-42,47-49,53-55H,1-12,25-26,35-40H2,(H,59,60)(H,61,62)/t47-,48?,49-,52?/m0/s1. The number of rotatable bonds is 33. The van der Waals surface area contributed by atoms with E-state index in [4.69, 9.17) is 0 Å². The van der Waals surface area contributed by atoms with E-state index < -0.39 is 29.8 Å². The van der Waals surface area contributed by atoms with Crippen molar-refractivity contribution in [2.45, 2.75) is 140 Å². The average Bonchev–Trinajstić information content (AvgIpc) is 3.28. The largest absolute Gasteiger partial charge is 0.465 e. The third-order valence-corrected chi connectivity index (χ3v) is 11.9. The van der Waals surface area contributed by atoms with Gasteiger partial charge in [-0.2, -0.15) is 5.01 Å². The molecule has 0 spiro atoms. The Balaban J connectivity index is 1.28. The van der Waals surface area contributed by atoms with Gasteiger partial charge in [-0.3, -0.25) is 5.43 Å². The van der Waals surface area contributed by atoms with Gasteiger partial charge in [0.1, 0.15) is 18.2 Å². The molecule has 0 aliphatic rings. The fourth-order valence-electron chi connectivity index (χ4n) is 8.73. The smallest absolute Gasteiger partial charge is 0.419 e. The van der Waals surface area contributed by atoms with Gasteiger partial charge in [0, 0.05) is 12.3 Å². The molecule has 0 aromatic heterocycles. The lowest BCUT2D eigenvalue weighted by atomic mass is 9.77. The molecular formula is C52H70N4O6. The molecule has 0 saturated heterocycles. The normalized spacial score (nSPS) is 13.7. The molecule has 5 N–H and O–H groups in total. The van der Waals surface area contributed by atoms with Gasteiger partial charge < -0.3 is 30.4 Å². The van der Waals surface area contributed by atoms with E-state index in [1.807, 2.05) is 109 Å². The van der Waals surface area contributed by atoms with E-state index >= 15 is 0 Å². The summed E-state index contributed by atoms with van der Waals surface area (Å²) in [5.74, 6) is -0.414. The lowest BCUT2D eigenvalue weighted by Crippen LogP contribution is -2.73. The summed E-state index contributed by atoms with van der Waals surface area (Å²) in [7, 11) is 0. The first-order valence-electron chi connectivity index (χ1n) is 22.9. The zero-order chi connectivity index (χ0) is 44.1. The van der Waals surface area contributed by atoms with Gasteiger partial charge >= 0.3 is 12.2 Å². The molecule has 10 nitrogen and oxygen atoms in total. The van der Waals surface area contributed by atoms with Crippen LogP contribution in [0.25, 0.3) is 0 Å². The summed E-state index contributed by atoms with van der Waals surface area (Å²) in [6.07, 6.45) is 17.4. The highest BCUT2D eigenvalue weighted by Gasteiger charge is 2.49. The number of unbranched alkanes of at least 4 members (excludes halogenated alkanes) is 13. The Hall–Kier alpha value is -5.32. The van der Waals surface area contributed by atoms with Gasteiger partial charge in [-0.15, -0.1) is 0 Å². The van der Waals surface area contributed by atoms with E-state index in [9.17, 15) is 29.4 Å². The maximum atomic E-state index is 13.0. The molecule has 10 heteroatoms. The highest BCUT2D eigenvalue weighted by Crippen LogP contribution is 2.35. The van der Waals surface area contributed by atoms with Crippen LogP contribution < -0.4 is 16.1 Å². The third-order valence-electron chi connectivity index (χ3n) is 11.9. The van der Waals surface area contributed by atoms with Gasteiger partial charge in [0.15, 0.2) is 0 Å². The van der Waals surface area contributed by atoms with Gasteiger partial charge in [0.05, 0.1) is 12.1 Å². The van der Waals surface area contributed by atoms with Crippen molar-refractivity contribution in [2.24, 2.45) is 5.92 Å². The fraction of sp³-hybridized carbons (Fsp3) is 0.462. The summed E-state index contributed by atoms with van der Waals surface area (Å²) in [6.45, 7) is 0.876.